The van der Waals surface area contributed by atoms with Gasteiger partial charge in [0.1, 0.15) is 0 Å². The van der Waals surface area contributed by atoms with Gasteiger partial charge in [0.15, 0.2) is 0 Å². The third kappa shape index (κ3) is 2.89. The van der Waals surface area contributed by atoms with Crippen LogP contribution in [0.3, 0.4) is 0 Å². The summed E-state index contributed by atoms with van der Waals surface area (Å²) in [5, 5.41) is 0. The van der Waals surface area contributed by atoms with Crippen molar-refractivity contribution in [3.05, 3.63) is 106 Å². The van der Waals surface area contributed by atoms with Crippen molar-refractivity contribution in [3.63, 3.8) is 0 Å². The first-order valence-corrected chi connectivity index (χ1v) is 11.2. The van der Waals surface area contributed by atoms with Crippen LogP contribution in [0.4, 0.5) is 0 Å². The van der Waals surface area contributed by atoms with Crippen LogP contribution in [-0.2, 0) is 5.41 Å². The normalized spacial score (nSPS) is 13.7. The summed E-state index contributed by atoms with van der Waals surface area (Å²) < 4.78 is 0. The molecular weight excluding hydrogens is 372 g/mol. The molecule has 0 saturated heterocycles. The lowest BCUT2D eigenvalue weighted by atomic mass is 9.78. The molecule has 0 radical (unpaired) electrons. The molecule has 0 aromatic heterocycles. The highest BCUT2D eigenvalue weighted by molar-refractivity contribution is 5.87. The lowest BCUT2D eigenvalue weighted by Crippen LogP contribution is -2.16. The van der Waals surface area contributed by atoms with Gasteiger partial charge >= 0.3 is 0 Å². The third-order valence-corrected chi connectivity index (χ3v) is 7.28. The highest BCUT2D eigenvalue weighted by Crippen LogP contribution is 2.51. The van der Waals surface area contributed by atoms with Gasteiger partial charge in [0.2, 0.25) is 0 Å². The van der Waals surface area contributed by atoms with Crippen molar-refractivity contribution in [3.8, 4) is 33.4 Å². The highest BCUT2D eigenvalue weighted by atomic mass is 14.4. The average molecular weight is 403 g/mol. The molecule has 0 heteroatoms. The van der Waals surface area contributed by atoms with Gasteiger partial charge in [-0.05, 0) is 94.5 Å². The standard InChI is InChI=1S/C31H30/c1-19-11-7-8-12-23(19)27-17-21(3)28(18-20(27)2)24-15-16-26-25-13-9-10-14-29(25)31(5,6)30(26)22(24)4/h7-18H,1-6H3. The zero-order chi connectivity index (χ0) is 21.9. The maximum atomic E-state index is 2.39. The largest absolute Gasteiger partial charge is 0.0620 e. The van der Waals surface area contributed by atoms with E-state index >= 15 is 0 Å². The molecule has 0 bridgehead atoms. The van der Waals surface area contributed by atoms with E-state index in [-0.39, 0.29) is 5.41 Å². The van der Waals surface area contributed by atoms with Gasteiger partial charge in [0.05, 0.1) is 0 Å². The topological polar surface area (TPSA) is 0 Å². The van der Waals surface area contributed by atoms with Crippen LogP contribution in [0.15, 0.2) is 72.8 Å². The average Bonchev–Trinajstić information content (AvgIpc) is 2.98. The minimum Gasteiger partial charge on any atom is -0.0620 e. The quantitative estimate of drug-likeness (QED) is 0.315. The Morgan fingerprint density at radius 3 is 1.71 bits per heavy atom. The monoisotopic (exact) mass is 402 g/mol. The summed E-state index contributed by atoms with van der Waals surface area (Å²) in [4.78, 5) is 0. The second kappa shape index (κ2) is 6.95. The minimum absolute atomic E-state index is 0.0239. The summed E-state index contributed by atoms with van der Waals surface area (Å²) in [5.41, 5.74) is 16.5. The Bertz CT molecular complexity index is 1330. The van der Waals surface area contributed by atoms with Gasteiger partial charge in [0.25, 0.3) is 0 Å². The molecule has 1 aliphatic rings. The highest BCUT2D eigenvalue weighted by Gasteiger charge is 2.37. The van der Waals surface area contributed by atoms with Crippen molar-refractivity contribution in [2.45, 2.75) is 47.0 Å². The van der Waals surface area contributed by atoms with Crippen LogP contribution in [0.1, 0.15) is 47.2 Å². The molecule has 5 rings (SSSR count). The van der Waals surface area contributed by atoms with E-state index in [1.165, 1.54) is 66.8 Å². The zero-order valence-electron chi connectivity index (χ0n) is 19.4. The second-order valence-electron chi connectivity index (χ2n) is 9.63. The SMILES string of the molecule is Cc1ccccc1-c1cc(C)c(-c2ccc3c(c2C)C(C)(C)c2ccccc2-3)cc1C. The predicted octanol–water partition coefficient (Wildman–Crippen LogP) is 8.56. The van der Waals surface area contributed by atoms with Crippen LogP contribution < -0.4 is 0 Å². The lowest BCUT2D eigenvalue weighted by molar-refractivity contribution is 0.656. The van der Waals surface area contributed by atoms with Crippen LogP contribution in [-0.4, -0.2) is 0 Å². The molecule has 0 fully saturated rings. The molecule has 0 N–H and O–H groups in total. The molecule has 0 saturated carbocycles. The fourth-order valence-corrected chi connectivity index (χ4v) is 5.70. The molecule has 0 atom stereocenters. The Kier molecular flexibility index (Phi) is 4.45. The van der Waals surface area contributed by atoms with Gasteiger partial charge in [-0.1, -0.05) is 86.6 Å². The Hall–Kier alpha value is -3.12. The minimum atomic E-state index is 0.0239. The zero-order valence-corrected chi connectivity index (χ0v) is 19.4. The van der Waals surface area contributed by atoms with Crippen LogP contribution in [0.25, 0.3) is 33.4 Å². The molecule has 1 aliphatic carbocycles. The van der Waals surface area contributed by atoms with Crippen molar-refractivity contribution >= 4 is 0 Å². The van der Waals surface area contributed by atoms with Crippen LogP contribution in [0.5, 0.6) is 0 Å². The summed E-state index contributed by atoms with van der Waals surface area (Å²) in [6, 6.07) is 27.0. The molecule has 0 unspecified atom stereocenters. The lowest BCUT2D eigenvalue weighted by Gasteiger charge is -2.25. The predicted molar refractivity (Wildman–Crippen MR) is 134 cm³/mol. The molecule has 0 heterocycles. The Morgan fingerprint density at radius 2 is 1.03 bits per heavy atom. The van der Waals surface area contributed by atoms with Crippen molar-refractivity contribution in [1.29, 1.82) is 0 Å². The van der Waals surface area contributed by atoms with Gasteiger partial charge in [-0.3, -0.25) is 0 Å². The van der Waals surface area contributed by atoms with Crippen molar-refractivity contribution in [2.24, 2.45) is 0 Å². The Labute approximate surface area is 186 Å². The van der Waals surface area contributed by atoms with Gasteiger partial charge in [-0.2, -0.15) is 0 Å². The van der Waals surface area contributed by atoms with E-state index < -0.39 is 0 Å². The van der Waals surface area contributed by atoms with E-state index in [0.717, 1.165) is 0 Å². The molecule has 4 aromatic rings. The van der Waals surface area contributed by atoms with E-state index in [9.17, 15) is 0 Å². The molecule has 0 nitrogen and oxygen atoms in total. The van der Waals surface area contributed by atoms with E-state index in [1.54, 1.807) is 0 Å². The van der Waals surface area contributed by atoms with E-state index in [2.05, 4.69) is 114 Å². The molecule has 0 aliphatic heterocycles. The maximum Gasteiger partial charge on any atom is 0.0161 e. The summed E-state index contributed by atoms with van der Waals surface area (Å²) in [5.74, 6) is 0. The fraction of sp³-hybridized carbons (Fsp3) is 0.226. The Morgan fingerprint density at radius 1 is 0.484 bits per heavy atom. The molecule has 0 spiro atoms. The van der Waals surface area contributed by atoms with E-state index in [4.69, 9.17) is 0 Å². The summed E-state index contributed by atoms with van der Waals surface area (Å²) in [7, 11) is 0. The smallest absolute Gasteiger partial charge is 0.0161 e. The van der Waals surface area contributed by atoms with Crippen molar-refractivity contribution < 1.29 is 0 Å². The molecule has 0 amide bonds. The number of hydrogen-bond donors (Lipinski definition) is 0. The number of rotatable bonds is 2. The molecular formula is C31H30. The molecule has 154 valence electrons. The summed E-state index contributed by atoms with van der Waals surface area (Å²) in [6.45, 7) is 13.7. The number of fused-ring (bicyclic) bond motifs is 3. The first-order valence-electron chi connectivity index (χ1n) is 11.2. The van der Waals surface area contributed by atoms with Crippen molar-refractivity contribution in [1.82, 2.24) is 0 Å². The second-order valence-corrected chi connectivity index (χ2v) is 9.63. The van der Waals surface area contributed by atoms with E-state index in [0.29, 0.717) is 0 Å². The van der Waals surface area contributed by atoms with Gasteiger partial charge in [-0.25, -0.2) is 0 Å². The van der Waals surface area contributed by atoms with Gasteiger partial charge in [-0.15, -0.1) is 0 Å². The number of benzene rings is 4. The summed E-state index contributed by atoms with van der Waals surface area (Å²) in [6.07, 6.45) is 0. The Balaban J connectivity index is 1.69. The van der Waals surface area contributed by atoms with Gasteiger partial charge in [0, 0.05) is 5.41 Å². The first kappa shape index (κ1) is 19.8. The molecule has 4 aromatic carbocycles. The van der Waals surface area contributed by atoms with Crippen LogP contribution in [0, 0.1) is 27.7 Å². The maximum absolute atomic E-state index is 2.39. The van der Waals surface area contributed by atoms with Crippen LogP contribution in [0.2, 0.25) is 0 Å². The number of aryl methyl sites for hydroxylation is 3. The van der Waals surface area contributed by atoms with Gasteiger partial charge < -0.3 is 0 Å². The summed E-state index contributed by atoms with van der Waals surface area (Å²) >= 11 is 0. The van der Waals surface area contributed by atoms with Crippen molar-refractivity contribution in [2.75, 3.05) is 0 Å². The van der Waals surface area contributed by atoms with Crippen LogP contribution >= 0.6 is 0 Å². The fourth-order valence-electron chi connectivity index (χ4n) is 5.70. The third-order valence-electron chi connectivity index (χ3n) is 7.28. The first-order chi connectivity index (χ1) is 14.8. The van der Waals surface area contributed by atoms with E-state index in [1.807, 2.05) is 0 Å². The number of hydrogen-bond acceptors (Lipinski definition) is 0. The molecule has 31 heavy (non-hydrogen) atoms.